The summed E-state index contributed by atoms with van der Waals surface area (Å²) in [5, 5.41) is 18.4. The molecule has 2 rings (SSSR count). The van der Waals surface area contributed by atoms with Gasteiger partial charge in [0.1, 0.15) is 5.83 Å². The topological polar surface area (TPSA) is 57.5 Å². The van der Waals surface area contributed by atoms with E-state index in [4.69, 9.17) is 0 Å². The molecule has 0 atom stereocenters. The summed E-state index contributed by atoms with van der Waals surface area (Å²) in [5.41, 5.74) is 0.237. The van der Waals surface area contributed by atoms with Crippen molar-refractivity contribution in [3.05, 3.63) is 59.4 Å². The number of benzene rings is 1. The summed E-state index contributed by atoms with van der Waals surface area (Å²) in [6.07, 6.45) is 1.51. The second kappa shape index (κ2) is 4.24. The second-order valence-electron chi connectivity index (χ2n) is 3.90. The van der Waals surface area contributed by atoms with Gasteiger partial charge < -0.3 is 10.2 Å². The standard InChI is InChI=1S/C13H11FO3/c14-11-8-13(16,17)7-6-10(11)12(15)9-4-2-1-3-5-9/h1-7,16-17H,8H2. The number of hydrogen-bond donors (Lipinski definition) is 2. The minimum Gasteiger partial charge on any atom is -0.362 e. The lowest BCUT2D eigenvalue weighted by Crippen LogP contribution is -2.28. The van der Waals surface area contributed by atoms with Crippen LogP contribution in [0.25, 0.3) is 0 Å². The van der Waals surface area contributed by atoms with E-state index in [2.05, 4.69) is 0 Å². The zero-order valence-corrected chi connectivity index (χ0v) is 8.93. The largest absolute Gasteiger partial charge is 0.362 e. The minimum absolute atomic E-state index is 0.130. The molecule has 1 aliphatic rings. The van der Waals surface area contributed by atoms with Crippen LogP contribution in [0, 0.1) is 0 Å². The van der Waals surface area contributed by atoms with Crippen molar-refractivity contribution in [2.75, 3.05) is 0 Å². The smallest absolute Gasteiger partial charge is 0.195 e. The third kappa shape index (κ3) is 2.49. The van der Waals surface area contributed by atoms with Crippen LogP contribution in [0.1, 0.15) is 16.8 Å². The van der Waals surface area contributed by atoms with Gasteiger partial charge in [0.05, 0.1) is 12.0 Å². The Morgan fingerprint density at radius 1 is 1.24 bits per heavy atom. The van der Waals surface area contributed by atoms with Crippen molar-refractivity contribution in [2.45, 2.75) is 12.2 Å². The molecule has 4 heteroatoms. The molecule has 0 saturated heterocycles. The van der Waals surface area contributed by atoms with Crippen LogP contribution >= 0.6 is 0 Å². The number of Topliss-reactive ketones (excluding diaryl/α,β-unsaturated/α-hetero) is 1. The number of allylic oxidation sites excluding steroid dienone is 2. The first-order valence-electron chi connectivity index (χ1n) is 5.12. The van der Waals surface area contributed by atoms with Crippen molar-refractivity contribution in [1.29, 1.82) is 0 Å². The first-order valence-corrected chi connectivity index (χ1v) is 5.12. The Bertz CT molecular complexity index is 501. The quantitative estimate of drug-likeness (QED) is 0.605. The average Bonchev–Trinajstić information content (AvgIpc) is 2.28. The molecule has 0 bridgehead atoms. The molecule has 2 N–H and O–H groups in total. The summed E-state index contributed by atoms with van der Waals surface area (Å²) < 4.78 is 13.6. The molecule has 1 aromatic carbocycles. The number of carbonyl (C=O) groups excluding carboxylic acids is 1. The van der Waals surface area contributed by atoms with Gasteiger partial charge in [-0.2, -0.15) is 0 Å². The van der Waals surface area contributed by atoms with E-state index in [9.17, 15) is 19.4 Å². The molecule has 88 valence electrons. The Balaban J connectivity index is 2.31. The number of halogens is 1. The Morgan fingerprint density at radius 2 is 1.88 bits per heavy atom. The number of rotatable bonds is 2. The third-order valence-corrected chi connectivity index (χ3v) is 2.51. The van der Waals surface area contributed by atoms with Gasteiger partial charge in [0, 0.05) is 5.56 Å². The number of carbonyl (C=O) groups is 1. The lowest BCUT2D eigenvalue weighted by molar-refractivity contribution is -0.120. The summed E-state index contributed by atoms with van der Waals surface area (Å²) in [4.78, 5) is 11.9. The zero-order chi connectivity index (χ0) is 12.5. The molecule has 1 aromatic rings. The van der Waals surface area contributed by atoms with Crippen LogP contribution in [-0.4, -0.2) is 21.8 Å². The van der Waals surface area contributed by atoms with Gasteiger partial charge in [-0.1, -0.05) is 30.3 Å². The normalized spacial score (nSPS) is 18.3. The van der Waals surface area contributed by atoms with Gasteiger partial charge >= 0.3 is 0 Å². The van der Waals surface area contributed by atoms with Crippen LogP contribution < -0.4 is 0 Å². The Morgan fingerprint density at radius 3 is 2.47 bits per heavy atom. The van der Waals surface area contributed by atoms with Crippen LogP contribution in [0.3, 0.4) is 0 Å². The van der Waals surface area contributed by atoms with E-state index in [0.29, 0.717) is 5.56 Å². The van der Waals surface area contributed by atoms with Gasteiger partial charge in [-0.3, -0.25) is 4.79 Å². The molecule has 1 aliphatic carbocycles. The summed E-state index contributed by atoms with van der Waals surface area (Å²) in [7, 11) is 0. The molecular weight excluding hydrogens is 223 g/mol. The number of hydrogen-bond acceptors (Lipinski definition) is 3. The second-order valence-corrected chi connectivity index (χ2v) is 3.90. The van der Waals surface area contributed by atoms with E-state index in [1.807, 2.05) is 0 Å². The molecule has 0 spiro atoms. The monoisotopic (exact) mass is 234 g/mol. The van der Waals surface area contributed by atoms with Gasteiger partial charge in [-0.25, -0.2) is 4.39 Å². The number of aliphatic hydroxyl groups is 2. The van der Waals surface area contributed by atoms with Crippen molar-refractivity contribution in [2.24, 2.45) is 0 Å². The van der Waals surface area contributed by atoms with E-state index in [0.717, 1.165) is 12.2 Å². The highest BCUT2D eigenvalue weighted by Crippen LogP contribution is 2.28. The van der Waals surface area contributed by atoms with Crippen LogP contribution in [0.5, 0.6) is 0 Å². The summed E-state index contributed by atoms with van der Waals surface area (Å²) >= 11 is 0. The Hall–Kier alpha value is -1.78. The van der Waals surface area contributed by atoms with Crippen molar-refractivity contribution in [3.63, 3.8) is 0 Å². The molecular formula is C13H11FO3. The van der Waals surface area contributed by atoms with Crippen LogP contribution in [0.15, 0.2) is 53.9 Å². The van der Waals surface area contributed by atoms with E-state index < -0.39 is 23.8 Å². The van der Waals surface area contributed by atoms with E-state index in [1.165, 1.54) is 0 Å². The average molecular weight is 234 g/mol. The van der Waals surface area contributed by atoms with Gasteiger partial charge in [-0.15, -0.1) is 0 Å². The fourth-order valence-electron chi connectivity index (χ4n) is 1.63. The number of ketones is 1. The van der Waals surface area contributed by atoms with Crippen LogP contribution in [0.4, 0.5) is 4.39 Å². The molecule has 0 fully saturated rings. The summed E-state index contributed by atoms with van der Waals surface area (Å²) in [6, 6.07) is 8.28. The summed E-state index contributed by atoms with van der Waals surface area (Å²) in [5.74, 6) is -3.48. The Kier molecular flexibility index (Phi) is 2.92. The van der Waals surface area contributed by atoms with Crippen LogP contribution in [0.2, 0.25) is 0 Å². The highest BCUT2D eigenvalue weighted by Gasteiger charge is 2.29. The highest BCUT2D eigenvalue weighted by atomic mass is 19.1. The van der Waals surface area contributed by atoms with Crippen molar-refractivity contribution >= 4 is 5.78 Å². The fourth-order valence-corrected chi connectivity index (χ4v) is 1.63. The van der Waals surface area contributed by atoms with Crippen molar-refractivity contribution in [1.82, 2.24) is 0 Å². The maximum absolute atomic E-state index is 13.6. The van der Waals surface area contributed by atoms with Gasteiger partial charge in [0.15, 0.2) is 11.6 Å². The summed E-state index contributed by atoms with van der Waals surface area (Å²) in [6.45, 7) is 0. The molecule has 0 aliphatic heterocycles. The van der Waals surface area contributed by atoms with E-state index in [1.54, 1.807) is 30.3 Å². The first kappa shape index (κ1) is 11.7. The zero-order valence-electron chi connectivity index (χ0n) is 8.93. The van der Waals surface area contributed by atoms with Gasteiger partial charge in [0.25, 0.3) is 0 Å². The molecule has 0 aromatic heterocycles. The molecule has 0 radical (unpaired) electrons. The van der Waals surface area contributed by atoms with E-state index in [-0.39, 0.29) is 5.57 Å². The Labute approximate surface area is 97.5 Å². The third-order valence-electron chi connectivity index (χ3n) is 2.51. The van der Waals surface area contributed by atoms with Crippen molar-refractivity contribution in [3.8, 4) is 0 Å². The molecule has 0 amide bonds. The van der Waals surface area contributed by atoms with Crippen LogP contribution in [-0.2, 0) is 0 Å². The maximum Gasteiger partial charge on any atom is 0.195 e. The predicted molar refractivity (Wildman–Crippen MR) is 59.8 cm³/mol. The maximum atomic E-state index is 13.6. The van der Waals surface area contributed by atoms with E-state index >= 15 is 0 Å². The molecule has 3 nitrogen and oxygen atoms in total. The van der Waals surface area contributed by atoms with Crippen molar-refractivity contribution < 1.29 is 19.4 Å². The van der Waals surface area contributed by atoms with Gasteiger partial charge in [0.2, 0.25) is 0 Å². The lowest BCUT2D eigenvalue weighted by Gasteiger charge is -2.21. The highest BCUT2D eigenvalue weighted by molar-refractivity contribution is 6.11. The fraction of sp³-hybridized carbons (Fsp3) is 0.154. The first-order chi connectivity index (χ1) is 7.99. The molecule has 0 saturated carbocycles. The molecule has 0 heterocycles. The molecule has 0 unspecified atom stereocenters. The SMILES string of the molecule is O=C(C1=C(F)CC(O)(O)C=C1)c1ccccc1. The van der Waals surface area contributed by atoms with Gasteiger partial charge in [-0.05, 0) is 12.2 Å². The minimum atomic E-state index is -2.20. The molecule has 17 heavy (non-hydrogen) atoms. The lowest BCUT2D eigenvalue weighted by atomic mass is 9.95. The predicted octanol–water partition coefficient (Wildman–Crippen LogP) is 1.73.